The molecule has 3 heterocycles. The third-order valence-electron chi connectivity index (χ3n) is 9.12. The average molecular weight is 661 g/mol. The first-order valence-corrected chi connectivity index (χ1v) is 17.3. The summed E-state index contributed by atoms with van der Waals surface area (Å²) in [5.74, 6) is -6.29. The molecular formula is C31H38F2N6O6S. The van der Waals surface area contributed by atoms with Gasteiger partial charge in [-0.05, 0) is 50.7 Å². The normalized spacial score (nSPS) is 30.0. The van der Waals surface area contributed by atoms with Gasteiger partial charge in [-0.25, -0.2) is 18.4 Å². The van der Waals surface area contributed by atoms with E-state index in [0.717, 1.165) is 19.3 Å². The van der Waals surface area contributed by atoms with Gasteiger partial charge in [0.2, 0.25) is 27.7 Å². The molecule has 4 N–H and O–H groups in total. The Morgan fingerprint density at radius 1 is 1.13 bits per heavy atom. The summed E-state index contributed by atoms with van der Waals surface area (Å²) in [4.78, 5) is 50.7. The number of fused-ring (bicyclic) bond motifs is 3. The number of carbonyl (C=O) groups is 3. The van der Waals surface area contributed by atoms with Crippen molar-refractivity contribution in [2.24, 2.45) is 11.7 Å². The molecule has 0 radical (unpaired) electrons. The number of alkyl halides is 2. The maximum absolute atomic E-state index is 14.7. The number of nitrogens with one attached hydrogen (secondary N) is 2. The smallest absolute Gasteiger partial charge is 0.292 e. The predicted molar refractivity (Wildman–Crippen MR) is 163 cm³/mol. The fourth-order valence-electron chi connectivity index (χ4n) is 6.25. The Hall–Kier alpha value is -3.72. The molecule has 2 saturated carbocycles. The second-order valence-corrected chi connectivity index (χ2v) is 14.8. The highest BCUT2D eigenvalue weighted by molar-refractivity contribution is 7.91. The van der Waals surface area contributed by atoms with Gasteiger partial charge in [-0.3, -0.25) is 19.1 Å². The number of rotatable bonds is 6. The van der Waals surface area contributed by atoms with Gasteiger partial charge in [-0.2, -0.15) is 8.78 Å². The monoisotopic (exact) mass is 660 g/mol. The quantitative estimate of drug-likeness (QED) is 0.393. The number of benzene rings is 1. The van der Waals surface area contributed by atoms with E-state index in [1.807, 2.05) is 12.2 Å². The first kappa shape index (κ1) is 32.2. The highest BCUT2D eigenvalue weighted by Crippen LogP contribution is 2.46. The van der Waals surface area contributed by atoms with E-state index in [9.17, 15) is 31.6 Å². The van der Waals surface area contributed by atoms with Crippen molar-refractivity contribution in [2.45, 2.75) is 99.6 Å². The molecule has 1 aromatic heterocycles. The fourth-order valence-corrected chi connectivity index (χ4v) is 7.62. The van der Waals surface area contributed by atoms with E-state index in [4.69, 9.17) is 10.5 Å². The van der Waals surface area contributed by atoms with Gasteiger partial charge in [0, 0.05) is 19.3 Å². The third kappa shape index (κ3) is 6.57. The number of aromatic nitrogens is 2. The van der Waals surface area contributed by atoms with Crippen LogP contribution in [0, 0.1) is 5.92 Å². The van der Waals surface area contributed by atoms with Gasteiger partial charge in [-0.1, -0.05) is 37.1 Å². The van der Waals surface area contributed by atoms with E-state index in [1.54, 1.807) is 24.3 Å². The molecule has 3 amide bonds. The first-order chi connectivity index (χ1) is 21.8. The number of ether oxygens (including phenoxy) is 1. The van der Waals surface area contributed by atoms with Gasteiger partial charge in [0.05, 0.1) is 28.9 Å². The number of halogens is 2. The topological polar surface area (TPSA) is 174 Å². The lowest BCUT2D eigenvalue weighted by molar-refractivity contribution is -0.140. The average Bonchev–Trinajstić information content (AvgIpc) is 3.92. The van der Waals surface area contributed by atoms with Crippen LogP contribution in [0.25, 0.3) is 11.0 Å². The van der Waals surface area contributed by atoms with Crippen molar-refractivity contribution in [3.05, 3.63) is 42.1 Å². The fraction of sp³-hybridized carbons (Fsp3) is 0.581. The van der Waals surface area contributed by atoms with Crippen molar-refractivity contribution < 1.29 is 36.3 Å². The number of hydrogen-bond acceptors (Lipinski definition) is 9. The molecular weight excluding hydrogens is 622 g/mol. The minimum absolute atomic E-state index is 0.105. The van der Waals surface area contributed by atoms with Crippen LogP contribution in [-0.2, 0) is 30.3 Å². The van der Waals surface area contributed by atoms with Gasteiger partial charge >= 0.3 is 0 Å². The van der Waals surface area contributed by atoms with E-state index < -0.39 is 80.1 Å². The van der Waals surface area contributed by atoms with Crippen LogP contribution in [0.4, 0.5) is 8.78 Å². The van der Waals surface area contributed by atoms with E-state index in [0.29, 0.717) is 38.1 Å². The van der Waals surface area contributed by atoms with Gasteiger partial charge in [0.1, 0.15) is 17.7 Å². The number of sulfonamides is 1. The van der Waals surface area contributed by atoms with E-state index >= 15 is 0 Å². The maximum atomic E-state index is 14.7. The summed E-state index contributed by atoms with van der Waals surface area (Å²) in [5, 5.41) is 2.13. The molecule has 2 aliphatic heterocycles. The Morgan fingerprint density at radius 2 is 1.85 bits per heavy atom. The van der Waals surface area contributed by atoms with Gasteiger partial charge in [0.25, 0.3) is 11.8 Å². The van der Waals surface area contributed by atoms with Crippen LogP contribution < -0.4 is 20.5 Å². The summed E-state index contributed by atoms with van der Waals surface area (Å²) >= 11 is 0. The zero-order valence-corrected chi connectivity index (χ0v) is 26.3. The molecule has 6 rings (SSSR count). The van der Waals surface area contributed by atoms with Crippen LogP contribution in [0.1, 0.15) is 70.4 Å². The minimum Gasteiger partial charge on any atom is -0.471 e. The van der Waals surface area contributed by atoms with Gasteiger partial charge in [-0.15, -0.1) is 0 Å². The summed E-state index contributed by atoms with van der Waals surface area (Å²) in [6, 6.07) is 4.42. The van der Waals surface area contributed by atoms with Gasteiger partial charge < -0.3 is 20.7 Å². The number of nitrogens with zero attached hydrogens (tertiary/aromatic N) is 3. The Labute approximate surface area is 265 Å². The summed E-state index contributed by atoms with van der Waals surface area (Å²) < 4.78 is 62.8. The molecule has 15 heteroatoms. The summed E-state index contributed by atoms with van der Waals surface area (Å²) in [5.41, 5.74) is 4.67. The predicted octanol–water partition coefficient (Wildman–Crippen LogP) is 2.42. The van der Waals surface area contributed by atoms with Crippen molar-refractivity contribution in [1.82, 2.24) is 24.9 Å². The summed E-state index contributed by atoms with van der Waals surface area (Å²) in [6.07, 6.45) is 7.22. The lowest BCUT2D eigenvalue weighted by Crippen LogP contribution is -2.57. The molecule has 1 unspecified atom stereocenters. The summed E-state index contributed by atoms with van der Waals surface area (Å²) in [6.45, 7) is 0.536. The molecule has 46 heavy (non-hydrogen) atoms. The van der Waals surface area contributed by atoms with Crippen molar-refractivity contribution in [1.29, 1.82) is 0 Å². The second-order valence-electron chi connectivity index (χ2n) is 12.9. The Balaban J connectivity index is 1.29. The Bertz CT molecular complexity index is 1680. The van der Waals surface area contributed by atoms with Crippen LogP contribution in [0.2, 0.25) is 0 Å². The molecule has 2 aromatic rings. The zero-order chi connectivity index (χ0) is 32.9. The number of hydrogen-bond donors (Lipinski definition) is 3. The number of allylic oxidation sites excluding steroid dienone is 1. The molecule has 1 saturated heterocycles. The largest absolute Gasteiger partial charge is 0.471 e. The Kier molecular flexibility index (Phi) is 8.51. The van der Waals surface area contributed by atoms with Crippen molar-refractivity contribution in [2.75, 3.05) is 6.54 Å². The highest BCUT2D eigenvalue weighted by Gasteiger charge is 2.62. The SMILES string of the molecule is CC(F)(F)c1nc2ccccc2nc1O[C@@H]1C[C@H]2C(=O)N[C@]3(C(=O)NS(=O)(=O)C4CC4)CC3/C=C\CCCCC[C@H](N)C(=O)N2C1. The van der Waals surface area contributed by atoms with Gasteiger partial charge in [0.15, 0.2) is 5.69 Å². The number of nitrogens with two attached hydrogens (primary N) is 1. The number of para-hydroxylation sites is 2. The molecule has 3 fully saturated rings. The molecule has 0 spiro atoms. The first-order valence-electron chi connectivity index (χ1n) is 15.7. The maximum Gasteiger partial charge on any atom is 0.292 e. The lowest BCUT2D eigenvalue weighted by atomic mass is 10.1. The number of carbonyl (C=O) groups excluding carboxylic acids is 3. The van der Waals surface area contributed by atoms with Crippen LogP contribution in [0.3, 0.4) is 0 Å². The highest BCUT2D eigenvalue weighted by atomic mass is 32.2. The standard InChI is InChI=1S/C31H38F2N6O6S/c1-30(32,33)25-27(36-23-12-8-7-11-22(23)35-25)45-19-15-24-26(40)37-31(29(42)38-46(43,44)20-13-14-20)16-18(31)9-5-3-2-4-6-10-21(34)28(41)39(24)17-19/h5,7-9,11-12,18-21,24H,2-4,6,10,13-17,34H2,1H3,(H,37,40)(H,38,42)/b9-5-/t18?,19-,21+,24+,31-/m1/s1. The molecule has 1 aromatic carbocycles. The van der Waals surface area contributed by atoms with Crippen LogP contribution >= 0.6 is 0 Å². The van der Waals surface area contributed by atoms with Crippen LogP contribution in [0.15, 0.2) is 36.4 Å². The van der Waals surface area contributed by atoms with E-state index in [2.05, 4.69) is 20.0 Å². The molecule has 248 valence electrons. The van der Waals surface area contributed by atoms with Crippen molar-refractivity contribution in [3.8, 4) is 5.88 Å². The molecule has 5 atom stereocenters. The second kappa shape index (κ2) is 12.1. The van der Waals surface area contributed by atoms with E-state index in [-0.39, 0.29) is 24.9 Å². The molecule has 4 aliphatic rings. The molecule has 0 bridgehead atoms. The Morgan fingerprint density at radius 3 is 2.54 bits per heavy atom. The van der Waals surface area contributed by atoms with Crippen LogP contribution in [-0.4, -0.2) is 76.5 Å². The van der Waals surface area contributed by atoms with Crippen molar-refractivity contribution in [3.63, 3.8) is 0 Å². The van der Waals surface area contributed by atoms with Crippen LogP contribution in [0.5, 0.6) is 5.88 Å². The summed E-state index contributed by atoms with van der Waals surface area (Å²) in [7, 11) is -3.89. The van der Waals surface area contributed by atoms with E-state index in [1.165, 1.54) is 4.90 Å². The van der Waals surface area contributed by atoms with Crippen molar-refractivity contribution >= 4 is 38.8 Å². The molecule has 2 aliphatic carbocycles. The zero-order valence-electron chi connectivity index (χ0n) is 25.5. The lowest BCUT2D eigenvalue weighted by Gasteiger charge is -2.28. The minimum atomic E-state index is -3.89. The third-order valence-corrected chi connectivity index (χ3v) is 10.9. The molecule has 12 nitrogen and oxygen atoms in total. The number of amides is 3.